The molecule has 1 fully saturated rings. The van der Waals surface area contributed by atoms with E-state index < -0.39 is 0 Å². The molecule has 1 aliphatic heterocycles. The molecule has 0 radical (unpaired) electrons. The largest absolute Gasteiger partial charge is 0.376 e. The number of carbonyl (C=O) groups is 1. The fraction of sp³-hybridized carbons (Fsp3) is 0.350. The zero-order chi connectivity index (χ0) is 17.6. The number of aryl methyl sites for hydroxylation is 1. The molecule has 4 nitrogen and oxygen atoms in total. The van der Waals surface area contributed by atoms with Gasteiger partial charge in [-0.05, 0) is 74.2 Å². The van der Waals surface area contributed by atoms with Gasteiger partial charge < -0.3 is 15.5 Å². The van der Waals surface area contributed by atoms with Gasteiger partial charge >= 0.3 is 0 Å². The van der Waals surface area contributed by atoms with Crippen LogP contribution in [-0.4, -0.2) is 25.5 Å². The molecular weight excluding hydrogens is 334 g/mol. The lowest BCUT2D eigenvalue weighted by atomic mass is 10.1. The first kappa shape index (κ1) is 17.6. The molecule has 2 aromatic carbocycles. The Hall–Kier alpha value is -2.20. The minimum atomic E-state index is -0.0782. The van der Waals surface area contributed by atoms with Crippen LogP contribution in [0.15, 0.2) is 42.5 Å². The maximum absolute atomic E-state index is 12.1. The molecule has 2 aromatic rings. The van der Waals surface area contributed by atoms with E-state index >= 15 is 0 Å². The number of halogens is 1. The van der Waals surface area contributed by atoms with Crippen molar-refractivity contribution in [1.29, 1.82) is 0 Å². The number of benzene rings is 2. The van der Waals surface area contributed by atoms with Gasteiger partial charge in [-0.1, -0.05) is 11.6 Å². The molecule has 1 amide bonds. The molecule has 132 valence electrons. The standard InChI is InChI=1S/C20H24ClN3O/c1-15-13-16(21)5-10-19(15)23-20(25)14-22-17-6-8-18(9-7-17)24-11-3-2-4-12-24/h5-10,13,22H,2-4,11-12,14H2,1H3,(H,23,25). The van der Waals surface area contributed by atoms with Crippen LogP contribution in [0.4, 0.5) is 17.1 Å². The molecule has 0 unspecified atom stereocenters. The summed E-state index contributed by atoms with van der Waals surface area (Å²) in [6, 6.07) is 13.7. The summed E-state index contributed by atoms with van der Waals surface area (Å²) in [5, 5.41) is 6.74. The van der Waals surface area contributed by atoms with Crippen molar-refractivity contribution in [1.82, 2.24) is 0 Å². The van der Waals surface area contributed by atoms with E-state index in [-0.39, 0.29) is 12.5 Å². The maximum atomic E-state index is 12.1. The van der Waals surface area contributed by atoms with Crippen LogP contribution in [0.5, 0.6) is 0 Å². The van der Waals surface area contributed by atoms with Crippen molar-refractivity contribution in [2.24, 2.45) is 0 Å². The zero-order valence-electron chi connectivity index (χ0n) is 14.5. The van der Waals surface area contributed by atoms with Gasteiger partial charge in [0, 0.05) is 35.2 Å². The molecular formula is C20H24ClN3O. The van der Waals surface area contributed by atoms with Crippen molar-refractivity contribution >= 4 is 34.6 Å². The Labute approximate surface area is 154 Å². The van der Waals surface area contributed by atoms with Gasteiger partial charge in [0.05, 0.1) is 6.54 Å². The molecule has 0 atom stereocenters. The van der Waals surface area contributed by atoms with Gasteiger partial charge in [-0.3, -0.25) is 4.79 Å². The lowest BCUT2D eigenvalue weighted by Crippen LogP contribution is -2.29. The molecule has 25 heavy (non-hydrogen) atoms. The van der Waals surface area contributed by atoms with E-state index in [0.717, 1.165) is 30.0 Å². The van der Waals surface area contributed by atoms with Crippen molar-refractivity contribution in [2.75, 3.05) is 35.2 Å². The van der Waals surface area contributed by atoms with Crippen molar-refractivity contribution < 1.29 is 4.79 Å². The van der Waals surface area contributed by atoms with Gasteiger partial charge in [0.25, 0.3) is 0 Å². The lowest BCUT2D eigenvalue weighted by molar-refractivity contribution is -0.114. The predicted octanol–water partition coefficient (Wildman–Crippen LogP) is 4.69. The average molecular weight is 358 g/mol. The van der Waals surface area contributed by atoms with E-state index in [0.29, 0.717) is 5.02 Å². The second-order valence-corrected chi connectivity index (χ2v) is 6.89. The Bertz CT molecular complexity index is 724. The summed E-state index contributed by atoms with van der Waals surface area (Å²) in [5.41, 5.74) is 3.94. The van der Waals surface area contributed by atoms with E-state index in [9.17, 15) is 4.79 Å². The van der Waals surface area contributed by atoms with Gasteiger partial charge in [-0.25, -0.2) is 0 Å². The van der Waals surface area contributed by atoms with Crippen LogP contribution in [-0.2, 0) is 4.79 Å². The van der Waals surface area contributed by atoms with Crippen LogP contribution in [0.25, 0.3) is 0 Å². The normalized spacial score (nSPS) is 14.2. The van der Waals surface area contributed by atoms with Crippen LogP contribution in [0.1, 0.15) is 24.8 Å². The fourth-order valence-corrected chi connectivity index (χ4v) is 3.31. The zero-order valence-corrected chi connectivity index (χ0v) is 15.3. The molecule has 0 aromatic heterocycles. The topological polar surface area (TPSA) is 44.4 Å². The number of anilines is 3. The van der Waals surface area contributed by atoms with E-state index in [1.807, 2.05) is 31.2 Å². The first-order valence-corrected chi connectivity index (χ1v) is 9.14. The fourth-order valence-electron chi connectivity index (χ4n) is 3.09. The molecule has 3 rings (SSSR count). The highest BCUT2D eigenvalue weighted by Gasteiger charge is 2.10. The Morgan fingerprint density at radius 3 is 2.48 bits per heavy atom. The predicted molar refractivity (Wildman–Crippen MR) is 106 cm³/mol. The highest BCUT2D eigenvalue weighted by Crippen LogP contribution is 2.22. The van der Waals surface area contributed by atoms with Crippen molar-refractivity contribution in [3.63, 3.8) is 0 Å². The monoisotopic (exact) mass is 357 g/mol. The summed E-state index contributed by atoms with van der Waals surface area (Å²) in [4.78, 5) is 14.5. The van der Waals surface area contributed by atoms with Crippen LogP contribution < -0.4 is 15.5 Å². The van der Waals surface area contributed by atoms with E-state index in [4.69, 9.17) is 11.6 Å². The van der Waals surface area contributed by atoms with Crippen molar-refractivity contribution in [3.8, 4) is 0 Å². The molecule has 5 heteroatoms. The summed E-state index contributed by atoms with van der Waals surface area (Å²) in [6.45, 7) is 4.42. The minimum absolute atomic E-state index is 0.0782. The number of hydrogen-bond donors (Lipinski definition) is 2. The van der Waals surface area contributed by atoms with Crippen LogP contribution in [0, 0.1) is 6.92 Å². The molecule has 0 bridgehead atoms. The second kappa shape index (κ2) is 8.26. The van der Waals surface area contributed by atoms with Gasteiger partial charge in [0.1, 0.15) is 0 Å². The molecule has 0 saturated carbocycles. The van der Waals surface area contributed by atoms with Gasteiger partial charge in [0.2, 0.25) is 5.91 Å². The number of hydrogen-bond acceptors (Lipinski definition) is 3. The molecule has 2 N–H and O–H groups in total. The smallest absolute Gasteiger partial charge is 0.243 e. The highest BCUT2D eigenvalue weighted by molar-refractivity contribution is 6.30. The summed E-state index contributed by atoms with van der Waals surface area (Å²) >= 11 is 5.94. The van der Waals surface area contributed by atoms with Gasteiger partial charge in [-0.15, -0.1) is 0 Å². The van der Waals surface area contributed by atoms with Crippen LogP contribution in [0.3, 0.4) is 0 Å². The molecule has 0 spiro atoms. The third-order valence-corrected chi connectivity index (χ3v) is 4.74. The Morgan fingerprint density at radius 2 is 1.80 bits per heavy atom. The SMILES string of the molecule is Cc1cc(Cl)ccc1NC(=O)CNc1ccc(N2CCCCC2)cc1. The lowest BCUT2D eigenvalue weighted by Gasteiger charge is -2.28. The van der Waals surface area contributed by atoms with Crippen molar-refractivity contribution in [2.45, 2.75) is 26.2 Å². The summed E-state index contributed by atoms with van der Waals surface area (Å²) in [7, 11) is 0. The third kappa shape index (κ3) is 4.89. The molecule has 1 heterocycles. The number of rotatable bonds is 5. The number of amides is 1. The van der Waals surface area contributed by atoms with Crippen molar-refractivity contribution in [3.05, 3.63) is 53.1 Å². The van der Waals surface area contributed by atoms with Gasteiger partial charge in [-0.2, -0.15) is 0 Å². The summed E-state index contributed by atoms with van der Waals surface area (Å²) in [5.74, 6) is -0.0782. The van der Waals surface area contributed by atoms with Crippen LogP contribution >= 0.6 is 11.6 Å². The highest BCUT2D eigenvalue weighted by atomic mass is 35.5. The Kier molecular flexibility index (Phi) is 5.82. The molecule has 1 aliphatic rings. The van der Waals surface area contributed by atoms with E-state index in [1.54, 1.807) is 6.07 Å². The molecule has 0 aliphatic carbocycles. The number of piperidine rings is 1. The summed E-state index contributed by atoms with van der Waals surface area (Å²) in [6.07, 6.45) is 3.87. The minimum Gasteiger partial charge on any atom is -0.376 e. The average Bonchev–Trinajstić information content (AvgIpc) is 2.63. The summed E-state index contributed by atoms with van der Waals surface area (Å²) < 4.78 is 0. The van der Waals surface area contributed by atoms with E-state index in [2.05, 4.69) is 27.7 Å². The van der Waals surface area contributed by atoms with E-state index in [1.165, 1.54) is 24.9 Å². The Morgan fingerprint density at radius 1 is 1.08 bits per heavy atom. The first-order valence-electron chi connectivity index (χ1n) is 8.77. The number of nitrogens with one attached hydrogen (secondary N) is 2. The second-order valence-electron chi connectivity index (χ2n) is 6.46. The van der Waals surface area contributed by atoms with Crippen LogP contribution in [0.2, 0.25) is 5.02 Å². The Balaban J connectivity index is 1.51. The van der Waals surface area contributed by atoms with Gasteiger partial charge in [0.15, 0.2) is 0 Å². The number of carbonyl (C=O) groups excluding carboxylic acids is 1. The third-order valence-electron chi connectivity index (χ3n) is 4.50. The maximum Gasteiger partial charge on any atom is 0.243 e. The first-order chi connectivity index (χ1) is 12.1. The molecule has 1 saturated heterocycles. The number of nitrogens with zero attached hydrogens (tertiary/aromatic N) is 1. The quantitative estimate of drug-likeness (QED) is 0.815.